The molecule has 1 aliphatic rings. The Morgan fingerprint density at radius 2 is 2.08 bits per heavy atom. The van der Waals surface area contributed by atoms with E-state index in [0.717, 1.165) is 11.3 Å². The molecule has 0 spiro atoms. The monoisotopic (exact) mass is 195 g/mol. The summed E-state index contributed by atoms with van der Waals surface area (Å²) in [6.07, 6.45) is -3.14. The minimum absolute atomic E-state index is 0.181. The van der Waals surface area contributed by atoms with E-state index < -0.39 is 12.1 Å². The topological polar surface area (TPSA) is 20.3 Å². The van der Waals surface area contributed by atoms with Gasteiger partial charge >= 0.3 is 12.1 Å². The molecule has 0 N–H and O–H groups in total. The Balaban J connectivity index is 2.56. The first-order valence-electron chi connectivity index (χ1n) is 4.27. The summed E-state index contributed by atoms with van der Waals surface area (Å²) >= 11 is 0. The third kappa shape index (κ3) is 2.60. The molecule has 2 nitrogen and oxygen atoms in total. The molecule has 1 aliphatic heterocycles. The molecule has 0 aromatic heterocycles. The fraction of sp³-hybridized carbons (Fsp3) is 0.875. The van der Waals surface area contributed by atoms with Crippen LogP contribution < -0.4 is 0 Å². The SMILES string of the molecule is CC1CCCN(C(=O)C(F)(F)F)C1. The minimum atomic E-state index is -4.71. The quantitative estimate of drug-likeness (QED) is 0.577. The largest absolute Gasteiger partial charge is 0.471 e. The maximum absolute atomic E-state index is 12.0. The van der Waals surface area contributed by atoms with Crippen molar-refractivity contribution in [3.63, 3.8) is 0 Å². The van der Waals surface area contributed by atoms with Gasteiger partial charge in [0.1, 0.15) is 0 Å². The van der Waals surface area contributed by atoms with Gasteiger partial charge in [0.2, 0.25) is 0 Å². The maximum Gasteiger partial charge on any atom is 0.471 e. The average molecular weight is 195 g/mol. The van der Waals surface area contributed by atoms with Crippen LogP contribution >= 0.6 is 0 Å². The van der Waals surface area contributed by atoms with E-state index in [0.29, 0.717) is 6.42 Å². The number of hydrogen-bond donors (Lipinski definition) is 0. The van der Waals surface area contributed by atoms with Gasteiger partial charge in [0, 0.05) is 13.1 Å². The molecule has 1 atom stereocenters. The van der Waals surface area contributed by atoms with E-state index in [4.69, 9.17) is 0 Å². The van der Waals surface area contributed by atoms with Crippen LogP contribution in [0.15, 0.2) is 0 Å². The van der Waals surface area contributed by atoms with Crippen LogP contribution in [0.2, 0.25) is 0 Å². The molecular weight excluding hydrogens is 183 g/mol. The summed E-state index contributed by atoms with van der Waals surface area (Å²) in [6, 6.07) is 0. The third-order valence-electron chi connectivity index (χ3n) is 2.19. The van der Waals surface area contributed by atoms with Crippen molar-refractivity contribution in [2.24, 2.45) is 5.92 Å². The lowest BCUT2D eigenvalue weighted by atomic mass is 10.0. The number of amides is 1. The zero-order valence-electron chi connectivity index (χ0n) is 7.40. The zero-order valence-corrected chi connectivity index (χ0v) is 7.40. The lowest BCUT2D eigenvalue weighted by Gasteiger charge is -2.31. The average Bonchev–Trinajstić information content (AvgIpc) is 2.01. The number of alkyl halides is 3. The van der Waals surface area contributed by atoms with E-state index in [2.05, 4.69) is 0 Å². The van der Waals surface area contributed by atoms with Gasteiger partial charge in [-0.2, -0.15) is 13.2 Å². The number of carbonyl (C=O) groups is 1. The fourth-order valence-electron chi connectivity index (χ4n) is 1.55. The van der Waals surface area contributed by atoms with E-state index in [9.17, 15) is 18.0 Å². The third-order valence-corrected chi connectivity index (χ3v) is 2.19. The van der Waals surface area contributed by atoms with Crippen molar-refractivity contribution in [3.8, 4) is 0 Å². The van der Waals surface area contributed by atoms with Gasteiger partial charge in [-0.1, -0.05) is 6.92 Å². The molecule has 1 amide bonds. The van der Waals surface area contributed by atoms with Gasteiger partial charge in [-0.15, -0.1) is 0 Å². The predicted molar refractivity (Wildman–Crippen MR) is 41.0 cm³/mol. The first-order chi connectivity index (χ1) is 5.91. The highest BCUT2D eigenvalue weighted by molar-refractivity contribution is 5.81. The van der Waals surface area contributed by atoms with Crippen LogP contribution in [0.3, 0.4) is 0 Å². The van der Waals surface area contributed by atoms with Crippen molar-refractivity contribution in [1.29, 1.82) is 0 Å². The standard InChI is InChI=1S/C8H12F3NO/c1-6-3-2-4-12(5-6)7(13)8(9,10)11/h6H,2-5H2,1H3. The second-order valence-electron chi connectivity index (χ2n) is 3.50. The lowest BCUT2D eigenvalue weighted by molar-refractivity contribution is -0.187. The molecular formula is C8H12F3NO. The van der Waals surface area contributed by atoms with Crippen molar-refractivity contribution in [2.45, 2.75) is 25.9 Å². The molecule has 0 radical (unpaired) electrons. The summed E-state index contributed by atoms with van der Waals surface area (Å²) in [5.41, 5.74) is 0. The molecule has 0 saturated carbocycles. The zero-order chi connectivity index (χ0) is 10.1. The normalized spacial score (nSPS) is 24.6. The number of hydrogen-bond acceptors (Lipinski definition) is 1. The van der Waals surface area contributed by atoms with Gasteiger partial charge in [-0.3, -0.25) is 4.79 Å². The molecule has 76 valence electrons. The molecule has 1 fully saturated rings. The second kappa shape index (κ2) is 3.55. The fourth-order valence-corrected chi connectivity index (χ4v) is 1.55. The number of carbonyl (C=O) groups excluding carboxylic acids is 1. The number of nitrogens with zero attached hydrogens (tertiary/aromatic N) is 1. The van der Waals surface area contributed by atoms with Gasteiger partial charge in [0.15, 0.2) is 0 Å². The van der Waals surface area contributed by atoms with Crippen molar-refractivity contribution < 1.29 is 18.0 Å². The Bertz CT molecular complexity index is 202. The second-order valence-corrected chi connectivity index (χ2v) is 3.50. The van der Waals surface area contributed by atoms with Crippen LogP contribution in [0.5, 0.6) is 0 Å². The first kappa shape index (κ1) is 10.3. The summed E-state index contributed by atoms with van der Waals surface area (Å²) in [6.45, 7) is 2.33. The summed E-state index contributed by atoms with van der Waals surface area (Å²) in [7, 11) is 0. The van der Waals surface area contributed by atoms with Gasteiger partial charge in [-0.25, -0.2) is 0 Å². The predicted octanol–water partition coefficient (Wildman–Crippen LogP) is 1.81. The number of piperidine rings is 1. The van der Waals surface area contributed by atoms with E-state index in [1.54, 1.807) is 0 Å². The summed E-state index contributed by atoms with van der Waals surface area (Å²) in [5, 5.41) is 0. The van der Waals surface area contributed by atoms with Crippen molar-refractivity contribution in [2.75, 3.05) is 13.1 Å². The Hall–Kier alpha value is -0.740. The van der Waals surface area contributed by atoms with Crippen LogP contribution in [0, 0.1) is 5.92 Å². The Morgan fingerprint density at radius 3 is 2.54 bits per heavy atom. The summed E-state index contributed by atoms with van der Waals surface area (Å²) in [4.78, 5) is 11.7. The van der Waals surface area contributed by atoms with E-state index in [1.165, 1.54) is 0 Å². The summed E-state index contributed by atoms with van der Waals surface area (Å²) in [5.74, 6) is -1.51. The van der Waals surface area contributed by atoms with Gasteiger partial charge in [-0.05, 0) is 18.8 Å². The van der Waals surface area contributed by atoms with Crippen molar-refractivity contribution >= 4 is 5.91 Å². The molecule has 0 aromatic rings. The Labute approximate surface area is 74.7 Å². The highest BCUT2D eigenvalue weighted by atomic mass is 19.4. The minimum Gasteiger partial charge on any atom is -0.335 e. The smallest absolute Gasteiger partial charge is 0.335 e. The highest BCUT2D eigenvalue weighted by Gasteiger charge is 2.43. The van der Waals surface area contributed by atoms with E-state index >= 15 is 0 Å². The van der Waals surface area contributed by atoms with Crippen molar-refractivity contribution in [3.05, 3.63) is 0 Å². The van der Waals surface area contributed by atoms with Crippen LogP contribution in [0.4, 0.5) is 13.2 Å². The molecule has 0 bridgehead atoms. The Morgan fingerprint density at radius 1 is 1.46 bits per heavy atom. The first-order valence-corrected chi connectivity index (χ1v) is 4.27. The molecule has 1 heterocycles. The maximum atomic E-state index is 12.0. The van der Waals surface area contributed by atoms with Gasteiger partial charge in [0.25, 0.3) is 0 Å². The molecule has 5 heteroatoms. The van der Waals surface area contributed by atoms with Crippen LogP contribution in [0.25, 0.3) is 0 Å². The molecule has 1 saturated heterocycles. The number of halogens is 3. The Kier molecular flexibility index (Phi) is 2.83. The molecule has 1 unspecified atom stereocenters. The van der Waals surface area contributed by atoms with Crippen LogP contribution in [-0.4, -0.2) is 30.1 Å². The lowest BCUT2D eigenvalue weighted by Crippen LogP contribution is -2.45. The highest BCUT2D eigenvalue weighted by Crippen LogP contribution is 2.23. The van der Waals surface area contributed by atoms with E-state index in [-0.39, 0.29) is 19.0 Å². The molecule has 13 heavy (non-hydrogen) atoms. The van der Waals surface area contributed by atoms with Gasteiger partial charge in [0.05, 0.1) is 0 Å². The van der Waals surface area contributed by atoms with Crippen LogP contribution in [0.1, 0.15) is 19.8 Å². The molecule has 1 rings (SSSR count). The van der Waals surface area contributed by atoms with Crippen molar-refractivity contribution in [1.82, 2.24) is 4.90 Å². The van der Waals surface area contributed by atoms with E-state index in [1.807, 2.05) is 6.92 Å². The molecule has 0 aromatic carbocycles. The van der Waals surface area contributed by atoms with Gasteiger partial charge < -0.3 is 4.90 Å². The summed E-state index contributed by atoms with van der Waals surface area (Å²) < 4.78 is 35.9. The molecule has 0 aliphatic carbocycles. The number of rotatable bonds is 0. The number of likely N-dealkylation sites (tertiary alicyclic amines) is 1. The van der Waals surface area contributed by atoms with Crippen LogP contribution in [-0.2, 0) is 4.79 Å².